The van der Waals surface area contributed by atoms with Crippen molar-refractivity contribution in [3.8, 4) is 0 Å². The highest BCUT2D eigenvalue weighted by molar-refractivity contribution is 5.32. The highest BCUT2D eigenvalue weighted by Crippen LogP contribution is 2.21. The maximum Gasteiger partial charge on any atom is 0.0566 e. The zero-order chi connectivity index (χ0) is 12.3. The molecule has 2 heteroatoms. The molecule has 2 rings (SSSR count). The van der Waals surface area contributed by atoms with Gasteiger partial charge in [-0.2, -0.15) is 0 Å². The maximum atomic E-state index is 6.20. The van der Waals surface area contributed by atoms with Gasteiger partial charge < -0.3 is 5.73 Å². The molecule has 2 N–H and O–H groups in total. The van der Waals surface area contributed by atoms with Crippen molar-refractivity contribution >= 4 is 0 Å². The largest absolute Gasteiger partial charge is 0.320 e. The lowest BCUT2D eigenvalue weighted by atomic mass is 9.97. The molecule has 1 aromatic heterocycles. The second-order valence-electron chi connectivity index (χ2n) is 4.59. The first-order valence-corrected chi connectivity index (χ1v) is 5.94. The first-order chi connectivity index (χ1) is 8.18. The number of hydrogen-bond acceptors (Lipinski definition) is 2. The predicted octanol–water partition coefficient (Wildman–Crippen LogP) is 3.25. The van der Waals surface area contributed by atoms with Crippen LogP contribution < -0.4 is 5.73 Å². The summed E-state index contributed by atoms with van der Waals surface area (Å²) in [6.45, 7) is 4.38. The zero-order valence-electron chi connectivity index (χ0n) is 10.3. The van der Waals surface area contributed by atoms with Gasteiger partial charge in [-0.25, -0.2) is 0 Å². The fourth-order valence-electron chi connectivity index (χ4n) is 1.84. The van der Waals surface area contributed by atoms with Crippen molar-refractivity contribution in [1.82, 2.24) is 4.98 Å². The summed E-state index contributed by atoms with van der Waals surface area (Å²) in [6, 6.07) is 12.3. The van der Waals surface area contributed by atoms with Gasteiger partial charge in [0.2, 0.25) is 0 Å². The molecule has 0 saturated carbocycles. The molecule has 88 valence electrons. The molecular weight excluding hydrogens is 208 g/mol. The third kappa shape index (κ3) is 2.71. The molecule has 0 amide bonds. The van der Waals surface area contributed by atoms with Crippen molar-refractivity contribution in [2.24, 2.45) is 5.73 Å². The lowest BCUT2D eigenvalue weighted by Gasteiger charge is -2.13. The Kier molecular flexibility index (Phi) is 3.55. The van der Waals surface area contributed by atoms with E-state index in [1.165, 1.54) is 5.56 Å². The van der Waals surface area contributed by atoms with Crippen LogP contribution in [-0.2, 0) is 0 Å². The Hall–Kier alpha value is -1.67. The molecule has 1 unspecified atom stereocenters. The van der Waals surface area contributed by atoms with Crippen LogP contribution in [0.25, 0.3) is 0 Å². The summed E-state index contributed by atoms with van der Waals surface area (Å²) in [5.41, 5.74) is 9.72. The molecule has 0 fully saturated rings. The van der Waals surface area contributed by atoms with Crippen molar-refractivity contribution in [3.05, 3.63) is 65.5 Å². The SMILES string of the molecule is CC(C)c1ccc(C(N)c2cccnc2)cc1. The Morgan fingerprint density at radius 3 is 2.12 bits per heavy atom. The van der Waals surface area contributed by atoms with Gasteiger partial charge in [-0.1, -0.05) is 44.2 Å². The molecule has 1 atom stereocenters. The fourth-order valence-corrected chi connectivity index (χ4v) is 1.84. The van der Waals surface area contributed by atoms with Crippen LogP contribution in [0.1, 0.15) is 42.5 Å². The number of pyridine rings is 1. The Morgan fingerprint density at radius 1 is 0.941 bits per heavy atom. The van der Waals surface area contributed by atoms with Crippen molar-refractivity contribution in [3.63, 3.8) is 0 Å². The highest BCUT2D eigenvalue weighted by Gasteiger charge is 2.08. The summed E-state index contributed by atoms with van der Waals surface area (Å²) in [7, 11) is 0. The van der Waals surface area contributed by atoms with E-state index in [0.29, 0.717) is 5.92 Å². The van der Waals surface area contributed by atoms with Gasteiger partial charge in [0.25, 0.3) is 0 Å². The normalized spacial score (nSPS) is 12.7. The van der Waals surface area contributed by atoms with E-state index >= 15 is 0 Å². The molecule has 2 nitrogen and oxygen atoms in total. The summed E-state index contributed by atoms with van der Waals surface area (Å²) in [5.74, 6) is 0.554. The number of nitrogens with zero attached hydrogens (tertiary/aromatic N) is 1. The molecule has 0 aliphatic carbocycles. The number of rotatable bonds is 3. The van der Waals surface area contributed by atoms with Crippen LogP contribution in [0.15, 0.2) is 48.8 Å². The van der Waals surface area contributed by atoms with E-state index in [4.69, 9.17) is 5.73 Å². The van der Waals surface area contributed by atoms with Crippen LogP contribution in [0.2, 0.25) is 0 Å². The van der Waals surface area contributed by atoms with Crippen molar-refractivity contribution in [2.75, 3.05) is 0 Å². The van der Waals surface area contributed by atoms with E-state index in [0.717, 1.165) is 11.1 Å². The van der Waals surface area contributed by atoms with Gasteiger partial charge >= 0.3 is 0 Å². The number of nitrogens with two attached hydrogens (primary N) is 1. The fraction of sp³-hybridized carbons (Fsp3) is 0.267. The van der Waals surface area contributed by atoms with Gasteiger partial charge in [0.05, 0.1) is 6.04 Å². The Bertz CT molecular complexity index is 460. The average Bonchev–Trinajstić information content (AvgIpc) is 2.39. The molecule has 0 aliphatic rings. The maximum absolute atomic E-state index is 6.20. The summed E-state index contributed by atoms with van der Waals surface area (Å²) in [5, 5.41) is 0. The minimum absolute atomic E-state index is 0.0927. The van der Waals surface area contributed by atoms with Crippen LogP contribution in [0.3, 0.4) is 0 Å². The van der Waals surface area contributed by atoms with E-state index in [-0.39, 0.29) is 6.04 Å². The summed E-state index contributed by atoms with van der Waals surface area (Å²) in [4.78, 5) is 4.10. The molecule has 0 spiro atoms. The predicted molar refractivity (Wildman–Crippen MR) is 70.8 cm³/mol. The molecule has 1 heterocycles. The van der Waals surface area contributed by atoms with E-state index in [9.17, 15) is 0 Å². The lowest BCUT2D eigenvalue weighted by molar-refractivity contribution is 0.844. The second kappa shape index (κ2) is 5.11. The molecule has 0 radical (unpaired) electrons. The van der Waals surface area contributed by atoms with Gasteiger partial charge in [0.15, 0.2) is 0 Å². The molecule has 0 saturated heterocycles. The summed E-state index contributed by atoms with van der Waals surface area (Å²) >= 11 is 0. The van der Waals surface area contributed by atoms with Crippen LogP contribution in [-0.4, -0.2) is 4.98 Å². The van der Waals surface area contributed by atoms with Gasteiger partial charge in [-0.15, -0.1) is 0 Å². The van der Waals surface area contributed by atoms with E-state index in [1.54, 1.807) is 6.20 Å². The summed E-state index contributed by atoms with van der Waals surface area (Å²) in [6.07, 6.45) is 3.58. The Morgan fingerprint density at radius 2 is 1.59 bits per heavy atom. The lowest BCUT2D eigenvalue weighted by Crippen LogP contribution is -2.11. The Balaban J connectivity index is 2.23. The van der Waals surface area contributed by atoms with E-state index < -0.39 is 0 Å². The van der Waals surface area contributed by atoms with Crippen molar-refractivity contribution in [1.29, 1.82) is 0 Å². The number of aromatic nitrogens is 1. The first-order valence-electron chi connectivity index (χ1n) is 5.94. The summed E-state index contributed by atoms with van der Waals surface area (Å²) < 4.78 is 0. The van der Waals surface area contributed by atoms with Gasteiger partial charge in [-0.3, -0.25) is 4.98 Å². The van der Waals surface area contributed by atoms with Crippen LogP contribution in [0.5, 0.6) is 0 Å². The minimum atomic E-state index is -0.0927. The van der Waals surface area contributed by atoms with Crippen molar-refractivity contribution in [2.45, 2.75) is 25.8 Å². The minimum Gasteiger partial charge on any atom is -0.320 e. The quantitative estimate of drug-likeness (QED) is 0.872. The average molecular weight is 226 g/mol. The first kappa shape index (κ1) is 11.8. The Labute approximate surface area is 103 Å². The van der Waals surface area contributed by atoms with Gasteiger partial charge in [-0.05, 0) is 28.7 Å². The highest BCUT2D eigenvalue weighted by atomic mass is 14.7. The standard InChI is InChI=1S/C15H18N2/c1-11(2)12-5-7-13(8-6-12)15(16)14-4-3-9-17-10-14/h3-11,15H,16H2,1-2H3. The second-order valence-corrected chi connectivity index (χ2v) is 4.59. The van der Waals surface area contributed by atoms with E-state index in [1.807, 2.05) is 18.3 Å². The molecule has 0 bridgehead atoms. The topological polar surface area (TPSA) is 38.9 Å². The monoisotopic (exact) mass is 226 g/mol. The smallest absolute Gasteiger partial charge is 0.0566 e. The zero-order valence-corrected chi connectivity index (χ0v) is 10.3. The van der Waals surface area contributed by atoms with Crippen LogP contribution in [0.4, 0.5) is 0 Å². The van der Waals surface area contributed by atoms with E-state index in [2.05, 4.69) is 43.1 Å². The van der Waals surface area contributed by atoms with Gasteiger partial charge in [0.1, 0.15) is 0 Å². The van der Waals surface area contributed by atoms with Crippen LogP contribution in [0, 0.1) is 0 Å². The third-order valence-corrected chi connectivity index (χ3v) is 3.01. The molecular formula is C15H18N2. The molecule has 1 aromatic carbocycles. The molecule has 17 heavy (non-hydrogen) atoms. The number of hydrogen-bond donors (Lipinski definition) is 1. The van der Waals surface area contributed by atoms with Crippen molar-refractivity contribution < 1.29 is 0 Å². The molecule has 2 aromatic rings. The van der Waals surface area contributed by atoms with Gasteiger partial charge in [0, 0.05) is 12.4 Å². The van der Waals surface area contributed by atoms with Crippen LogP contribution >= 0.6 is 0 Å². The third-order valence-electron chi connectivity index (χ3n) is 3.01. The molecule has 0 aliphatic heterocycles. The number of benzene rings is 1.